The van der Waals surface area contributed by atoms with Gasteiger partial charge in [0.15, 0.2) is 0 Å². The number of hydrogen-bond donors (Lipinski definition) is 0. The van der Waals surface area contributed by atoms with E-state index in [4.69, 9.17) is 20.3 Å². The monoisotopic (exact) mass is 168 g/mol. The van der Waals surface area contributed by atoms with Crippen LogP contribution < -0.4 is 0 Å². The molecule has 0 aromatic rings. The Morgan fingerprint density at radius 3 is 2.11 bits per heavy atom. The predicted octanol–water partition coefficient (Wildman–Crippen LogP) is 2.67. The zero-order valence-corrected chi connectivity index (χ0v) is 7.15. The quantitative estimate of drug-likeness (QED) is 0.518. The summed E-state index contributed by atoms with van der Waals surface area (Å²) in [5, 5.41) is 0. The number of hydrogen-bond acceptors (Lipinski definition) is 2. The molecule has 0 bridgehead atoms. The summed E-state index contributed by atoms with van der Waals surface area (Å²) in [5.41, 5.74) is 0. The zero-order valence-electron chi connectivity index (χ0n) is 5.50. The van der Waals surface area contributed by atoms with Gasteiger partial charge in [-0.2, -0.15) is 0 Å². The summed E-state index contributed by atoms with van der Waals surface area (Å²) in [5.74, 6) is 0. The molecular weight excluding hydrogens is 158 g/mol. The Bertz CT molecular complexity index is 75.9. The fraction of sp³-hybridized carbons (Fsp3) is 1.00. The first-order chi connectivity index (χ1) is 4.18. The lowest BCUT2D eigenvalue weighted by atomic mass is 10.2. The van der Waals surface area contributed by atoms with Crippen LogP contribution in [0.25, 0.3) is 0 Å². The fourth-order valence-corrected chi connectivity index (χ4v) is 2.47. The molecule has 1 rings (SSSR count). The van der Waals surface area contributed by atoms with Crippen LogP contribution in [0.3, 0.4) is 0 Å². The van der Waals surface area contributed by atoms with Gasteiger partial charge < -0.3 is 9.05 Å². The van der Waals surface area contributed by atoms with E-state index in [0.29, 0.717) is 0 Å². The Hall–Kier alpha value is 0.640. The largest absolute Gasteiger partial charge is 0.319 e. The van der Waals surface area contributed by atoms with Crippen LogP contribution >= 0.6 is 19.0 Å². The molecule has 0 spiro atoms. The van der Waals surface area contributed by atoms with Crippen molar-refractivity contribution in [3.63, 3.8) is 0 Å². The first-order valence-electron chi connectivity index (χ1n) is 2.98. The molecule has 0 aromatic carbocycles. The molecule has 0 aliphatic carbocycles. The number of halogens is 1. The summed E-state index contributed by atoms with van der Waals surface area (Å²) in [4.78, 5) is 0. The Balaban J connectivity index is 2.34. The summed E-state index contributed by atoms with van der Waals surface area (Å²) in [7, 11) is -1.10. The van der Waals surface area contributed by atoms with Gasteiger partial charge in [0.25, 0.3) is 7.73 Å². The molecule has 9 heavy (non-hydrogen) atoms. The van der Waals surface area contributed by atoms with Gasteiger partial charge in [0.1, 0.15) is 0 Å². The lowest BCUT2D eigenvalue weighted by molar-refractivity contribution is 0.0799. The third-order valence-corrected chi connectivity index (χ3v) is 2.72. The van der Waals surface area contributed by atoms with Crippen molar-refractivity contribution < 1.29 is 9.05 Å². The van der Waals surface area contributed by atoms with E-state index in [-0.39, 0.29) is 12.2 Å². The van der Waals surface area contributed by atoms with Crippen molar-refractivity contribution in [3.8, 4) is 0 Å². The van der Waals surface area contributed by atoms with Gasteiger partial charge in [-0.25, -0.2) is 0 Å². The van der Waals surface area contributed by atoms with E-state index in [1.165, 1.54) is 0 Å². The van der Waals surface area contributed by atoms with Crippen LogP contribution in [0.15, 0.2) is 0 Å². The van der Waals surface area contributed by atoms with Crippen molar-refractivity contribution in [2.75, 3.05) is 0 Å². The summed E-state index contributed by atoms with van der Waals surface area (Å²) in [6.07, 6.45) is 1.47. The van der Waals surface area contributed by atoms with Gasteiger partial charge in [-0.05, 0) is 25.1 Å². The van der Waals surface area contributed by atoms with Crippen molar-refractivity contribution >= 4 is 19.0 Å². The van der Waals surface area contributed by atoms with Gasteiger partial charge in [-0.3, -0.25) is 0 Å². The second kappa shape index (κ2) is 3.16. The van der Waals surface area contributed by atoms with Crippen LogP contribution in [0.1, 0.15) is 20.3 Å². The molecule has 0 aromatic heterocycles. The summed E-state index contributed by atoms with van der Waals surface area (Å²) < 4.78 is 10.3. The Morgan fingerprint density at radius 2 is 1.78 bits per heavy atom. The molecule has 0 unspecified atom stereocenters. The van der Waals surface area contributed by atoms with Gasteiger partial charge in [0, 0.05) is 6.42 Å². The molecule has 0 amide bonds. The van der Waals surface area contributed by atoms with Crippen LogP contribution in [0, 0.1) is 0 Å². The van der Waals surface area contributed by atoms with Crippen LogP contribution in [-0.4, -0.2) is 12.2 Å². The van der Waals surface area contributed by atoms with Gasteiger partial charge in [-0.15, -0.1) is 0 Å². The second-order valence-corrected chi connectivity index (χ2v) is 3.96. The predicted molar refractivity (Wildman–Crippen MR) is 38.5 cm³/mol. The first kappa shape index (κ1) is 7.74. The zero-order chi connectivity index (χ0) is 6.85. The van der Waals surface area contributed by atoms with Gasteiger partial charge in [0.05, 0.1) is 12.2 Å². The maximum Gasteiger partial charge on any atom is 0.277 e. The minimum atomic E-state index is -1.10. The summed E-state index contributed by atoms with van der Waals surface area (Å²) >= 11 is 5.63. The van der Waals surface area contributed by atoms with E-state index in [1.54, 1.807) is 0 Å². The molecule has 0 radical (unpaired) electrons. The molecule has 54 valence electrons. The Morgan fingerprint density at radius 1 is 1.33 bits per heavy atom. The Kier molecular flexibility index (Phi) is 2.72. The minimum Gasteiger partial charge on any atom is -0.319 e. The highest BCUT2D eigenvalue weighted by Crippen LogP contribution is 2.50. The van der Waals surface area contributed by atoms with E-state index in [1.807, 2.05) is 13.8 Å². The lowest BCUT2D eigenvalue weighted by Gasteiger charge is -2.27. The van der Waals surface area contributed by atoms with Crippen LogP contribution in [0.2, 0.25) is 0 Å². The lowest BCUT2D eigenvalue weighted by Crippen LogP contribution is -2.20. The molecule has 0 saturated carbocycles. The third kappa shape index (κ3) is 2.38. The van der Waals surface area contributed by atoms with E-state index in [9.17, 15) is 0 Å². The van der Waals surface area contributed by atoms with Crippen LogP contribution in [0.4, 0.5) is 0 Å². The average Bonchev–Trinajstić information content (AvgIpc) is 1.59. The summed E-state index contributed by atoms with van der Waals surface area (Å²) in [6.45, 7) is 4.02. The van der Waals surface area contributed by atoms with Crippen LogP contribution in [-0.2, 0) is 9.05 Å². The molecule has 0 N–H and O–H groups in total. The van der Waals surface area contributed by atoms with Crippen molar-refractivity contribution in [3.05, 3.63) is 0 Å². The van der Waals surface area contributed by atoms with Gasteiger partial charge in [-0.1, -0.05) is 0 Å². The van der Waals surface area contributed by atoms with E-state index >= 15 is 0 Å². The standard InChI is InChI=1S/C5H10ClO2P/c1-4-3-5(2)8-9(6)7-4/h4-5H,3H2,1-2H3/t4-,5-/m1/s1. The smallest absolute Gasteiger partial charge is 0.277 e. The third-order valence-electron chi connectivity index (χ3n) is 1.19. The summed E-state index contributed by atoms with van der Waals surface area (Å²) in [6, 6.07) is 0. The van der Waals surface area contributed by atoms with Crippen molar-refractivity contribution in [1.82, 2.24) is 0 Å². The molecule has 1 aliphatic heterocycles. The molecule has 4 heteroatoms. The number of rotatable bonds is 0. The maximum atomic E-state index is 5.63. The molecule has 2 atom stereocenters. The highest BCUT2D eigenvalue weighted by molar-refractivity contribution is 7.76. The average molecular weight is 169 g/mol. The van der Waals surface area contributed by atoms with Crippen molar-refractivity contribution in [1.29, 1.82) is 0 Å². The van der Waals surface area contributed by atoms with Gasteiger partial charge >= 0.3 is 0 Å². The molecule has 1 heterocycles. The topological polar surface area (TPSA) is 18.5 Å². The first-order valence-corrected chi connectivity index (χ1v) is 5.06. The van der Waals surface area contributed by atoms with Crippen molar-refractivity contribution in [2.24, 2.45) is 0 Å². The maximum absolute atomic E-state index is 5.63. The van der Waals surface area contributed by atoms with Crippen LogP contribution in [0.5, 0.6) is 0 Å². The molecule has 1 aliphatic rings. The van der Waals surface area contributed by atoms with E-state index in [0.717, 1.165) is 6.42 Å². The van der Waals surface area contributed by atoms with Crippen molar-refractivity contribution in [2.45, 2.75) is 32.5 Å². The van der Waals surface area contributed by atoms with E-state index in [2.05, 4.69) is 0 Å². The normalized spacial score (nSPS) is 45.0. The highest BCUT2D eigenvalue weighted by atomic mass is 35.7. The minimum absolute atomic E-state index is 0.261. The highest BCUT2D eigenvalue weighted by Gasteiger charge is 2.23. The molecule has 1 saturated heterocycles. The second-order valence-electron chi connectivity index (χ2n) is 2.28. The van der Waals surface area contributed by atoms with E-state index < -0.39 is 7.73 Å². The molecular formula is C5H10ClO2P. The fourth-order valence-electron chi connectivity index (χ4n) is 0.861. The molecule has 1 fully saturated rings. The molecule has 2 nitrogen and oxygen atoms in total. The van der Waals surface area contributed by atoms with Gasteiger partial charge in [0.2, 0.25) is 0 Å². The Labute approximate surface area is 61.2 Å². The SMILES string of the molecule is C[C@@H]1C[C@@H](C)OP(Cl)O1.